The molecule has 0 aliphatic rings. The van der Waals surface area contributed by atoms with Gasteiger partial charge in [-0.1, -0.05) is 19.1 Å². The smallest absolute Gasteiger partial charge is 0.330 e. The first-order chi connectivity index (χ1) is 12.7. The number of nitrogens with one attached hydrogen (secondary N) is 1. The fraction of sp³-hybridized carbons (Fsp3) is 0.333. The molecule has 0 radical (unpaired) electrons. The first-order valence-electron chi connectivity index (χ1n) is 8.06. The average Bonchev–Trinajstić information content (AvgIpc) is 2.59. The summed E-state index contributed by atoms with van der Waals surface area (Å²) in [6, 6.07) is 0.0930. The van der Waals surface area contributed by atoms with Gasteiger partial charge in [-0.2, -0.15) is 0 Å². The van der Waals surface area contributed by atoms with Crippen LogP contribution in [-0.4, -0.2) is 16.2 Å². The molecule has 0 atom stereocenters. The van der Waals surface area contributed by atoms with Crippen LogP contribution >= 0.6 is 0 Å². The quantitative estimate of drug-likeness (QED) is 0.452. The highest BCUT2D eigenvalue weighted by molar-refractivity contribution is 5.30. The maximum absolute atomic E-state index is 14.1. The Kier molecular flexibility index (Phi) is 6.37. The Morgan fingerprint density at radius 1 is 1.15 bits per heavy atom. The van der Waals surface area contributed by atoms with E-state index in [1.165, 1.54) is 0 Å². The van der Waals surface area contributed by atoms with Crippen molar-refractivity contribution in [1.29, 1.82) is 0 Å². The van der Waals surface area contributed by atoms with Crippen LogP contribution in [0.15, 0.2) is 27.8 Å². The Hall–Kier alpha value is -2.68. The Morgan fingerprint density at radius 3 is 2.26 bits per heavy atom. The lowest BCUT2D eigenvalue weighted by atomic mass is 10.0. The standard InChI is InChI=1S/C18H18F4N2O3/c1-4-10-14(5-11-15(21)12(19)6-13(20)16(11)22)24(8-27-7-9(2)3)18(26)23-17(10)25/h6H,2,4-5,7-8H2,1,3H3,(H,23,25,26). The lowest BCUT2D eigenvalue weighted by Crippen LogP contribution is -2.36. The van der Waals surface area contributed by atoms with Crippen LogP contribution in [0.1, 0.15) is 30.7 Å². The molecule has 1 heterocycles. The van der Waals surface area contributed by atoms with E-state index in [1.54, 1.807) is 13.8 Å². The lowest BCUT2D eigenvalue weighted by Gasteiger charge is -2.17. The van der Waals surface area contributed by atoms with Crippen molar-refractivity contribution < 1.29 is 22.3 Å². The van der Waals surface area contributed by atoms with Crippen molar-refractivity contribution in [3.05, 3.63) is 79.1 Å². The minimum atomic E-state index is -1.59. The molecule has 0 saturated carbocycles. The summed E-state index contributed by atoms with van der Waals surface area (Å²) in [5.41, 5.74) is -1.90. The van der Waals surface area contributed by atoms with Crippen molar-refractivity contribution in [3.8, 4) is 0 Å². The van der Waals surface area contributed by atoms with Gasteiger partial charge in [-0.15, -0.1) is 0 Å². The molecular weight excluding hydrogens is 368 g/mol. The number of rotatable bonds is 7. The van der Waals surface area contributed by atoms with Gasteiger partial charge >= 0.3 is 5.69 Å². The van der Waals surface area contributed by atoms with Crippen LogP contribution in [0.25, 0.3) is 0 Å². The third kappa shape index (κ3) is 4.36. The van der Waals surface area contributed by atoms with E-state index in [2.05, 4.69) is 11.6 Å². The number of benzene rings is 1. The number of halogens is 4. The van der Waals surface area contributed by atoms with Gasteiger partial charge in [-0.05, 0) is 13.3 Å². The van der Waals surface area contributed by atoms with E-state index in [0.717, 1.165) is 4.57 Å². The molecule has 0 aliphatic carbocycles. The molecule has 0 unspecified atom stereocenters. The summed E-state index contributed by atoms with van der Waals surface area (Å²) in [5, 5.41) is 0. The molecule has 5 nitrogen and oxygen atoms in total. The molecule has 0 saturated heterocycles. The predicted molar refractivity (Wildman–Crippen MR) is 90.5 cm³/mol. The molecule has 0 fully saturated rings. The molecule has 2 aromatic rings. The zero-order chi connectivity index (χ0) is 20.3. The van der Waals surface area contributed by atoms with Crippen LogP contribution in [0.4, 0.5) is 17.6 Å². The van der Waals surface area contributed by atoms with Crippen molar-refractivity contribution >= 4 is 0 Å². The van der Waals surface area contributed by atoms with Crippen LogP contribution in [0.2, 0.25) is 0 Å². The van der Waals surface area contributed by atoms with Crippen LogP contribution in [-0.2, 0) is 24.3 Å². The Labute approximate surface area is 151 Å². The van der Waals surface area contributed by atoms with Gasteiger partial charge in [-0.3, -0.25) is 14.3 Å². The topological polar surface area (TPSA) is 64.1 Å². The van der Waals surface area contributed by atoms with E-state index in [4.69, 9.17) is 4.74 Å². The third-order valence-corrected chi connectivity index (χ3v) is 3.88. The van der Waals surface area contributed by atoms with Gasteiger partial charge in [0.2, 0.25) is 0 Å². The second kappa shape index (κ2) is 8.34. The second-order valence-electron chi connectivity index (χ2n) is 6.02. The van der Waals surface area contributed by atoms with Gasteiger partial charge in [-0.25, -0.2) is 22.4 Å². The molecule has 0 aliphatic heterocycles. The van der Waals surface area contributed by atoms with Crippen molar-refractivity contribution in [3.63, 3.8) is 0 Å². The summed E-state index contributed by atoms with van der Waals surface area (Å²) in [4.78, 5) is 26.3. The van der Waals surface area contributed by atoms with Gasteiger partial charge in [0.1, 0.15) is 6.73 Å². The summed E-state index contributed by atoms with van der Waals surface area (Å²) in [6.45, 7) is 6.68. The minimum Gasteiger partial charge on any atom is -0.356 e. The number of ether oxygens (including phenoxy) is 1. The molecule has 1 N–H and O–H groups in total. The van der Waals surface area contributed by atoms with E-state index < -0.39 is 46.5 Å². The third-order valence-electron chi connectivity index (χ3n) is 3.88. The van der Waals surface area contributed by atoms with Gasteiger partial charge in [0.15, 0.2) is 23.3 Å². The van der Waals surface area contributed by atoms with Crippen molar-refractivity contribution in [1.82, 2.24) is 9.55 Å². The van der Waals surface area contributed by atoms with Crippen molar-refractivity contribution in [2.45, 2.75) is 33.4 Å². The summed E-state index contributed by atoms with van der Waals surface area (Å²) in [5.74, 6) is -6.31. The number of hydrogen-bond acceptors (Lipinski definition) is 3. The van der Waals surface area contributed by atoms with Crippen molar-refractivity contribution in [2.75, 3.05) is 6.61 Å². The van der Waals surface area contributed by atoms with E-state index in [0.29, 0.717) is 5.57 Å². The molecule has 0 spiro atoms. The Balaban J connectivity index is 2.63. The fourth-order valence-corrected chi connectivity index (χ4v) is 2.62. The van der Waals surface area contributed by atoms with Gasteiger partial charge < -0.3 is 4.74 Å². The Morgan fingerprint density at radius 2 is 1.74 bits per heavy atom. The van der Waals surface area contributed by atoms with Crippen molar-refractivity contribution in [2.24, 2.45) is 0 Å². The maximum Gasteiger partial charge on any atom is 0.330 e. The summed E-state index contributed by atoms with van der Waals surface area (Å²) >= 11 is 0. The maximum atomic E-state index is 14.1. The fourth-order valence-electron chi connectivity index (χ4n) is 2.62. The van der Waals surface area contributed by atoms with Crippen LogP contribution in [0.3, 0.4) is 0 Å². The SMILES string of the molecule is C=C(C)COCn1c(Cc2c(F)c(F)cc(F)c2F)c(CC)c(=O)[nH]c1=O. The summed E-state index contributed by atoms with van der Waals surface area (Å²) < 4.78 is 61.4. The summed E-state index contributed by atoms with van der Waals surface area (Å²) in [7, 11) is 0. The zero-order valence-corrected chi connectivity index (χ0v) is 14.8. The normalized spacial score (nSPS) is 11.0. The largest absolute Gasteiger partial charge is 0.356 e. The number of H-pyrrole nitrogens is 1. The van der Waals surface area contributed by atoms with E-state index in [-0.39, 0.29) is 37.1 Å². The first kappa shape index (κ1) is 20.6. The highest BCUT2D eigenvalue weighted by Gasteiger charge is 2.23. The first-order valence-corrected chi connectivity index (χ1v) is 8.06. The molecule has 1 aromatic carbocycles. The number of hydrogen-bond donors (Lipinski definition) is 1. The van der Waals surface area contributed by atoms with Crippen LogP contribution < -0.4 is 11.2 Å². The zero-order valence-electron chi connectivity index (χ0n) is 14.8. The molecule has 27 heavy (non-hydrogen) atoms. The average molecular weight is 386 g/mol. The molecular formula is C18H18F4N2O3. The minimum absolute atomic E-state index is 0.0528. The van der Waals surface area contributed by atoms with E-state index >= 15 is 0 Å². The molecule has 1 aromatic heterocycles. The van der Waals surface area contributed by atoms with Gasteiger partial charge in [0.25, 0.3) is 5.56 Å². The van der Waals surface area contributed by atoms with Gasteiger partial charge in [0, 0.05) is 29.3 Å². The van der Waals surface area contributed by atoms with Gasteiger partial charge in [0.05, 0.1) is 6.61 Å². The summed E-state index contributed by atoms with van der Waals surface area (Å²) in [6.07, 6.45) is -0.586. The number of aromatic amines is 1. The number of aromatic nitrogens is 2. The van der Waals surface area contributed by atoms with E-state index in [9.17, 15) is 27.2 Å². The molecule has 0 amide bonds. The predicted octanol–water partition coefficient (Wildman–Crippen LogP) is 2.80. The number of nitrogens with zero attached hydrogens (tertiary/aromatic N) is 1. The highest BCUT2D eigenvalue weighted by atomic mass is 19.2. The van der Waals surface area contributed by atoms with Crippen LogP contribution in [0.5, 0.6) is 0 Å². The van der Waals surface area contributed by atoms with E-state index in [1.807, 2.05) is 0 Å². The monoisotopic (exact) mass is 386 g/mol. The molecule has 146 valence electrons. The molecule has 2 rings (SSSR count). The second-order valence-corrected chi connectivity index (χ2v) is 6.02. The molecule has 9 heteroatoms. The Bertz CT molecular complexity index is 969. The lowest BCUT2D eigenvalue weighted by molar-refractivity contribution is 0.0894. The highest BCUT2D eigenvalue weighted by Crippen LogP contribution is 2.22. The molecule has 0 bridgehead atoms. The van der Waals surface area contributed by atoms with Crippen LogP contribution in [0, 0.1) is 23.3 Å².